The van der Waals surface area contributed by atoms with Gasteiger partial charge in [-0.05, 0) is 47.5 Å². The number of ether oxygens (including phenoxy) is 2. The van der Waals surface area contributed by atoms with Gasteiger partial charge in [-0.25, -0.2) is 4.79 Å². The predicted octanol–water partition coefficient (Wildman–Crippen LogP) is 4.21. The van der Waals surface area contributed by atoms with Crippen LogP contribution in [0.25, 0.3) is 0 Å². The molecule has 7 nitrogen and oxygen atoms in total. The molecule has 7 heteroatoms. The summed E-state index contributed by atoms with van der Waals surface area (Å²) in [5.74, 6) is 0.672. The number of hydrogen-bond acceptors (Lipinski definition) is 5. The summed E-state index contributed by atoms with van der Waals surface area (Å²) < 4.78 is 10.3. The minimum absolute atomic E-state index is 0.0888. The quantitative estimate of drug-likeness (QED) is 0.417. The van der Waals surface area contributed by atoms with Gasteiger partial charge in [-0.2, -0.15) is 0 Å². The highest BCUT2D eigenvalue weighted by atomic mass is 16.5. The van der Waals surface area contributed by atoms with Gasteiger partial charge in [-0.15, -0.1) is 0 Å². The molecule has 3 rings (SSSR count). The van der Waals surface area contributed by atoms with Crippen molar-refractivity contribution in [1.29, 1.82) is 0 Å². The average Bonchev–Trinajstić information content (AvgIpc) is 2.82. The van der Waals surface area contributed by atoms with E-state index in [0.717, 1.165) is 28.3 Å². The number of methoxy groups -OCH3 is 1. The van der Waals surface area contributed by atoms with Crippen molar-refractivity contribution in [3.63, 3.8) is 0 Å². The highest BCUT2D eigenvalue weighted by molar-refractivity contribution is 5.92. The Morgan fingerprint density at radius 1 is 0.781 bits per heavy atom. The van der Waals surface area contributed by atoms with Crippen molar-refractivity contribution in [2.24, 2.45) is 0 Å². The molecular formula is C25H27N3O4. The molecule has 0 aliphatic carbocycles. The summed E-state index contributed by atoms with van der Waals surface area (Å²) in [6.07, 6.45) is -0.165. The fraction of sp³-hybridized carbons (Fsp3) is 0.200. The first kappa shape index (κ1) is 22.7. The molecular weight excluding hydrogens is 406 g/mol. The molecule has 0 saturated carbocycles. The first-order valence-electron chi connectivity index (χ1n) is 10.3. The summed E-state index contributed by atoms with van der Waals surface area (Å²) in [6.45, 7) is 1.21. The zero-order chi connectivity index (χ0) is 22.6. The Morgan fingerprint density at radius 2 is 1.47 bits per heavy atom. The zero-order valence-electron chi connectivity index (χ0n) is 18.0. The van der Waals surface area contributed by atoms with Crippen molar-refractivity contribution in [2.75, 3.05) is 30.8 Å². The maximum atomic E-state index is 12.2. The van der Waals surface area contributed by atoms with Crippen LogP contribution in [0.15, 0.2) is 78.9 Å². The van der Waals surface area contributed by atoms with Gasteiger partial charge in [0.05, 0.1) is 13.5 Å². The summed E-state index contributed by atoms with van der Waals surface area (Å²) in [6, 6.07) is 24.3. The predicted molar refractivity (Wildman–Crippen MR) is 125 cm³/mol. The fourth-order valence-electron chi connectivity index (χ4n) is 2.95. The molecule has 3 aromatic rings. The van der Waals surface area contributed by atoms with E-state index in [9.17, 15) is 9.59 Å². The van der Waals surface area contributed by atoms with E-state index in [1.807, 2.05) is 78.9 Å². The van der Waals surface area contributed by atoms with Crippen LogP contribution >= 0.6 is 0 Å². The Bertz CT molecular complexity index is 990. The summed E-state index contributed by atoms with van der Waals surface area (Å²) in [5.41, 5.74) is 3.46. The van der Waals surface area contributed by atoms with Crippen molar-refractivity contribution in [2.45, 2.75) is 13.0 Å². The third kappa shape index (κ3) is 7.68. The molecule has 0 bridgehead atoms. The molecule has 0 aliphatic heterocycles. The number of amides is 2. The third-order valence-electron chi connectivity index (χ3n) is 4.63. The van der Waals surface area contributed by atoms with Crippen molar-refractivity contribution in [3.05, 3.63) is 90.0 Å². The summed E-state index contributed by atoms with van der Waals surface area (Å²) >= 11 is 0. The number of carbonyl (C=O) groups is 2. The molecule has 0 spiro atoms. The van der Waals surface area contributed by atoms with Crippen LogP contribution in [0.5, 0.6) is 5.75 Å². The van der Waals surface area contributed by atoms with Gasteiger partial charge in [0, 0.05) is 24.5 Å². The van der Waals surface area contributed by atoms with Crippen LogP contribution in [-0.4, -0.2) is 32.2 Å². The Kier molecular flexibility index (Phi) is 8.50. The molecule has 2 amide bonds. The zero-order valence-corrected chi connectivity index (χ0v) is 18.0. The van der Waals surface area contributed by atoms with E-state index in [2.05, 4.69) is 16.0 Å². The van der Waals surface area contributed by atoms with E-state index in [-0.39, 0.29) is 18.9 Å². The summed E-state index contributed by atoms with van der Waals surface area (Å²) in [5, 5.41) is 8.80. The SMILES string of the molecule is COc1ccc(CC(=O)Nc2ccc(NCCNC(=O)OCc3ccccc3)cc2)cc1. The Hall–Kier alpha value is -4.00. The Morgan fingerprint density at radius 3 is 2.16 bits per heavy atom. The topological polar surface area (TPSA) is 88.7 Å². The lowest BCUT2D eigenvalue weighted by atomic mass is 10.1. The largest absolute Gasteiger partial charge is 0.497 e. The number of carbonyl (C=O) groups excluding carboxylic acids is 2. The van der Waals surface area contributed by atoms with Crippen LogP contribution in [0, 0.1) is 0 Å². The molecule has 0 aromatic heterocycles. The van der Waals surface area contributed by atoms with E-state index in [0.29, 0.717) is 13.1 Å². The van der Waals surface area contributed by atoms with E-state index < -0.39 is 6.09 Å². The van der Waals surface area contributed by atoms with Gasteiger partial charge in [0.2, 0.25) is 5.91 Å². The van der Waals surface area contributed by atoms with Gasteiger partial charge >= 0.3 is 6.09 Å². The number of nitrogens with one attached hydrogen (secondary N) is 3. The molecule has 0 fully saturated rings. The lowest BCUT2D eigenvalue weighted by Crippen LogP contribution is -2.29. The first-order valence-corrected chi connectivity index (χ1v) is 10.3. The van der Waals surface area contributed by atoms with Crippen LogP contribution in [0.2, 0.25) is 0 Å². The van der Waals surface area contributed by atoms with Gasteiger partial charge in [0.15, 0.2) is 0 Å². The fourth-order valence-corrected chi connectivity index (χ4v) is 2.95. The third-order valence-corrected chi connectivity index (χ3v) is 4.63. The molecule has 3 N–H and O–H groups in total. The molecule has 0 unspecified atom stereocenters. The minimum atomic E-state index is -0.453. The summed E-state index contributed by atoms with van der Waals surface area (Å²) in [7, 11) is 1.61. The second-order valence-corrected chi connectivity index (χ2v) is 7.07. The molecule has 3 aromatic carbocycles. The smallest absolute Gasteiger partial charge is 0.407 e. The Labute approximate surface area is 187 Å². The van der Waals surface area contributed by atoms with Crippen molar-refractivity contribution in [1.82, 2.24) is 5.32 Å². The van der Waals surface area contributed by atoms with E-state index in [4.69, 9.17) is 9.47 Å². The monoisotopic (exact) mass is 433 g/mol. The van der Waals surface area contributed by atoms with E-state index in [1.54, 1.807) is 7.11 Å². The maximum absolute atomic E-state index is 12.2. The van der Waals surface area contributed by atoms with Gasteiger partial charge in [0.25, 0.3) is 0 Å². The molecule has 0 radical (unpaired) electrons. The van der Waals surface area contributed by atoms with E-state index in [1.165, 1.54) is 0 Å². The first-order chi connectivity index (χ1) is 15.6. The lowest BCUT2D eigenvalue weighted by Gasteiger charge is -2.10. The number of rotatable bonds is 10. The highest BCUT2D eigenvalue weighted by Gasteiger charge is 2.05. The van der Waals surface area contributed by atoms with E-state index >= 15 is 0 Å². The van der Waals surface area contributed by atoms with Gasteiger partial charge in [-0.3, -0.25) is 4.79 Å². The second kappa shape index (κ2) is 12.0. The molecule has 32 heavy (non-hydrogen) atoms. The number of alkyl carbamates (subject to hydrolysis) is 1. The van der Waals surface area contributed by atoms with Crippen LogP contribution in [0.4, 0.5) is 16.2 Å². The van der Waals surface area contributed by atoms with Crippen LogP contribution in [-0.2, 0) is 22.6 Å². The second-order valence-electron chi connectivity index (χ2n) is 7.07. The molecule has 166 valence electrons. The minimum Gasteiger partial charge on any atom is -0.497 e. The average molecular weight is 434 g/mol. The van der Waals surface area contributed by atoms with Crippen LogP contribution < -0.4 is 20.7 Å². The van der Waals surface area contributed by atoms with Gasteiger partial charge < -0.3 is 25.4 Å². The lowest BCUT2D eigenvalue weighted by molar-refractivity contribution is -0.115. The molecule has 0 aliphatic rings. The molecule has 0 atom stereocenters. The van der Waals surface area contributed by atoms with Crippen LogP contribution in [0.1, 0.15) is 11.1 Å². The number of hydrogen-bond donors (Lipinski definition) is 3. The van der Waals surface area contributed by atoms with Crippen LogP contribution in [0.3, 0.4) is 0 Å². The summed E-state index contributed by atoms with van der Waals surface area (Å²) in [4.78, 5) is 24.0. The normalized spacial score (nSPS) is 10.2. The maximum Gasteiger partial charge on any atom is 0.407 e. The number of benzene rings is 3. The molecule has 0 saturated heterocycles. The standard InChI is InChI=1S/C25H27N3O4/c1-31-23-13-7-19(8-14-23)17-24(29)28-22-11-9-21(10-12-22)26-15-16-27-25(30)32-18-20-5-3-2-4-6-20/h2-14,26H,15-18H2,1H3,(H,27,30)(H,28,29). The number of anilines is 2. The van der Waals surface area contributed by atoms with Crippen molar-refractivity contribution in [3.8, 4) is 5.75 Å². The molecule has 0 heterocycles. The van der Waals surface area contributed by atoms with Gasteiger partial charge in [-0.1, -0.05) is 42.5 Å². The van der Waals surface area contributed by atoms with Gasteiger partial charge in [0.1, 0.15) is 12.4 Å². The highest BCUT2D eigenvalue weighted by Crippen LogP contribution is 2.15. The Balaban J connectivity index is 1.33. The van der Waals surface area contributed by atoms with Crippen molar-refractivity contribution >= 4 is 23.4 Å². The van der Waals surface area contributed by atoms with Crippen molar-refractivity contribution < 1.29 is 19.1 Å².